The SMILES string of the molecule is C=C(C)C(O)c1cc(C(=O)c2cncnc2N[C@@H]2C[C@H](COS(N)(=O)=O)[C@@H](O)C2)sc1Cl. The van der Waals surface area contributed by atoms with E-state index in [1.54, 1.807) is 6.92 Å². The van der Waals surface area contributed by atoms with Crippen molar-refractivity contribution in [2.75, 3.05) is 11.9 Å². The second kappa shape index (κ2) is 9.91. The number of nitrogens with two attached hydrogens (primary N) is 1. The van der Waals surface area contributed by atoms with Crippen molar-refractivity contribution >= 4 is 44.8 Å². The summed E-state index contributed by atoms with van der Waals surface area (Å²) in [6.45, 7) is 5.12. The van der Waals surface area contributed by atoms with E-state index in [0.29, 0.717) is 28.9 Å². The van der Waals surface area contributed by atoms with Crippen molar-refractivity contribution in [2.24, 2.45) is 11.1 Å². The van der Waals surface area contributed by atoms with Crippen LogP contribution in [-0.4, -0.2) is 53.1 Å². The molecule has 0 radical (unpaired) electrons. The molecule has 2 heterocycles. The van der Waals surface area contributed by atoms with Gasteiger partial charge in [-0.2, -0.15) is 8.42 Å². The highest BCUT2D eigenvalue weighted by Crippen LogP contribution is 2.36. The van der Waals surface area contributed by atoms with E-state index in [4.69, 9.17) is 16.7 Å². The zero-order chi connectivity index (χ0) is 23.6. The quantitative estimate of drug-likeness (QED) is 0.295. The Balaban J connectivity index is 1.76. The van der Waals surface area contributed by atoms with E-state index in [1.165, 1.54) is 18.6 Å². The second-order valence-corrected chi connectivity index (χ2v) is 10.5. The van der Waals surface area contributed by atoms with Crippen molar-refractivity contribution in [2.45, 2.75) is 38.0 Å². The molecule has 5 N–H and O–H groups in total. The van der Waals surface area contributed by atoms with Gasteiger partial charge in [-0.05, 0) is 31.4 Å². The molecule has 32 heavy (non-hydrogen) atoms. The summed E-state index contributed by atoms with van der Waals surface area (Å²) in [7, 11) is -4.10. The summed E-state index contributed by atoms with van der Waals surface area (Å²) < 4.78 is 26.9. The molecule has 1 saturated carbocycles. The predicted molar refractivity (Wildman–Crippen MR) is 120 cm³/mol. The molecule has 10 nitrogen and oxygen atoms in total. The molecule has 2 aromatic heterocycles. The molecule has 174 valence electrons. The van der Waals surface area contributed by atoms with E-state index in [-0.39, 0.29) is 34.1 Å². The van der Waals surface area contributed by atoms with Crippen LogP contribution in [0.1, 0.15) is 46.7 Å². The van der Waals surface area contributed by atoms with Crippen LogP contribution in [0.5, 0.6) is 0 Å². The fraction of sp³-hybridized carbons (Fsp3) is 0.421. The lowest BCUT2D eigenvalue weighted by atomic mass is 10.1. The molecule has 1 fully saturated rings. The molecule has 0 amide bonds. The zero-order valence-corrected chi connectivity index (χ0v) is 19.5. The van der Waals surface area contributed by atoms with E-state index in [0.717, 1.165) is 11.3 Å². The monoisotopic (exact) mass is 502 g/mol. The molecule has 0 spiro atoms. The third kappa shape index (κ3) is 5.90. The van der Waals surface area contributed by atoms with E-state index >= 15 is 0 Å². The highest BCUT2D eigenvalue weighted by atomic mass is 35.5. The van der Waals surface area contributed by atoms with Crippen molar-refractivity contribution < 1.29 is 27.6 Å². The fourth-order valence-electron chi connectivity index (χ4n) is 3.47. The molecule has 3 rings (SSSR count). The Morgan fingerprint density at radius 1 is 1.50 bits per heavy atom. The van der Waals surface area contributed by atoms with Gasteiger partial charge in [-0.25, -0.2) is 15.1 Å². The first kappa shape index (κ1) is 24.7. The van der Waals surface area contributed by atoms with Crippen LogP contribution < -0.4 is 10.5 Å². The summed E-state index contributed by atoms with van der Waals surface area (Å²) in [4.78, 5) is 21.5. The molecular weight excluding hydrogens is 480 g/mol. The number of anilines is 1. The minimum Gasteiger partial charge on any atom is -0.393 e. The number of nitrogens with one attached hydrogen (secondary N) is 1. The van der Waals surface area contributed by atoms with Crippen LogP contribution in [0.2, 0.25) is 4.34 Å². The van der Waals surface area contributed by atoms with E-state index < -0.39 is 28.4 Å². The highest BCUT2D eigenvalue weighted by Gasteiger charge is 2.35. The number of nitrogens with zero attached hydrogens (tertiary/aromatic N) is 2. The van der Waals surface area contributed by atoms with Gasteiger partial charge in [0, 0.05) is 23.7 Å². The Labute approximate surface area is 194 Å². The Morgan fingerprint density at radius 3 is 2.88 bits per heavy atom. The van der Waals surface area contributed by atoms with Crippen LogP contribution in [0.3, 0.4) is 0 Å². The molecular formula is C19H23ClN4O6S2. The van der Waals surface area contributed by atoms with Crippen molar-refractivity contribution in [1.29, 1.82) is 0 Å². The number of hydrogen-bond acceptors (Lipinski definition) is 10. The molecule has 4 atom stereocenters. The first-order valence-corrected chi connectivity index (χ1v) is 12.2. The average molecular weight is 503 g/mol. The lowest BCUT2D eigenvalue weighted by Gasteiger charge is -2.15. The van der Waals surface area contributed by atoms with Crippen LogP contribution in [0, 0.1) is 5.92 Å². The Kier molecular flexibility index (Phi) is 7.65. The summed E-state index contributed by atoms with van der Waals surface area (Å²) in [5.74, 6) is -0.566. The molecule has 1 unspecified atom stereocenters. The number of aliphatic hydroxyl groups is 2. The maximum Gasteiger partial charge on any atom is 0.333 e. The molecule has 0 bridgehead atoms. The average Bonchev–Trinajstić information content (AvgIpc) is 3.27. The van der Waals surface area contributed by atoms with Gasteiger partial charge in [0.15, 0.2) is 0 Å². The van der Waals surface area contributed by atoms with Gasteiger partial charge in [0.05, 0.1) is 27.5 Å². The largest absolute Gasteiger partial charge is 0.393 e. The van der Waals surface area contributed by atoms with Gasteiger partial charge in [-0.15, -0.1) is 11.3 Å². The number of ketones is 1. The number of rotatable bonds is 9. The smallest absolute Gasteiger partial charge is 0.333 e. The third-order valence-electron chi connectivity index (χ3n) is 5.10. The van der Waals surface area contributed by atoms with Crippen molar-refractivity contribution in [3.63, 3.8) is 0 Å². The predicted octanol–water partition coefficient (Wildman–Crippen LogP) is 1.80. The molecule has 1 aliphatic rings. The highest BCUT2D eigenvalue weighted by molar-refractivity contribution is 7.84. The minimum absolute atomic E-state index is 0.195. The zero-order valence-electron chi connectivity index (χ0n) is 17.1. The van der Waals surface area contributed by atoms with Crippen LogP contribution in [0.25, 0.3) is 0 Å². The van der Waals surface area contributed by atoms with Gasteiger partial charge in [0.2, 0.25) is 5.78 Å². The summed E-state index contributed by atoms with van der Waals surface area (Å²) in [6, 6.07) is 1.24. The van der Waals surface area contributed by atoms with Crippen molar-refractivity contribution in [3.05, 3.63) is 51.1 Å². The lowest BCUT2D eigenvalue weighted by Crippen LogP contribution is -2.24. The maximum atomic E-state index is 13.1. The van der Waals surface area contributed by atoms with Crippen LogP contribution in [0.4, 0.5) is 5.82 Å². The number of carbonyl (C=O) groups excluding carboxylic acids is 1. The second-order valence-electron chi connectivity index (χ2n) is 7.62. The Hall–Kier alpha value is -1.93. The molecule has 0 saturated heterocycles. The van der Waals surface area contributed by atoms with Gasteiger partial charge in [0.1, 0.15) is 18.2 Å². The molecule has 13 heteroatoms. The number of thiophene rings is 1. The fourth-order valence-corrected chi connectivity index (χ4v) is 5.11. The first-order valence-electron chi connectivity index (χ1n) is 9.55. The standard InChI is InChI=1S/C19H23ClN4O6S2/c1-9(2)16(26)12-5-15(31-18(12)20)17(27)13-6-22-8-23-19(13)24-11-3-10(14(25)4-11)7-30-32(21,28)29/h5-6,8,10-11,14,16,25-26H,1,3-4,7H2,2H3,(H2,21,28,29)(H,22,23,24)/t10-,11-,14+,16?/m1/s1. The van der Waals surface area contributed by atoms with Crippen LogP contribution in [-0.2, 0) is 14.5 Å². The topological polar surface area (TPSA) is 165 Å². The number of hydrogen-bond donors (Lipinski definition) is 4. The molecule has 2 aromatic rings. The number of carbonyl (C=O) groups is 1. The van der Waals surface area contributed by atoms with Crippen molar-refractivity contribution in [1.82, 2.24) is 9.97 Å². The Bertz CT molecular complexity index is 1120. The van der Waals surface area contributed by atoms with Gasteiger partial charge in [0.25, 0.3) is 0 Å². The normalized spacial score (nSPS) is 22.0. The molecule has 1 aliphatic carbocycles. The first-order chi connectivity index (χ1) is 15.0. The summed E-state index contributed by atoms with van der Waals surface area (Å²) in [5, 5.41) is 28.4. The lowest BCUT2D eigenvalue weighted by molar-refractivity contribution is 0.101. The summed E-state index contributed by atoms with van der Waals surface area (Å²) in [6.07, 6.45) is 1.54. The van der Waals surface area contributed by atoms with E-state index in [2.05, 4.69) is 26.0 Å². The Morgan fingerprint density at radius 2 is 2.22 bits per heavy atom. The summed E-state index contributed by atoms with van der Waals surface area (Å²) in [5.41, 5.74) is 1.09. The number of aliphatic hydroxyl groups excluding tert-OH is 2. The van der Waals surface area contributed by atoms with Crippen LogP contribution >= 0.6 is 22.9 Å². The van der Waals surface area contributed by atoms with E-state index in [9.17, 15) is 23.4 Å². The maximum absolute atomic E-state index is 13.1. The summed E-state index contributed by atoms with van der Waals surface area (Å²) >= 11 is 7.24. The minimum atomic E-state index is -4.10. The molecule has 0 aromatic carbocycles. The van der Waals surface area contributed by atoms with Crippen molar-refractivity contribution in [3.8, 4) is 0 Å². The van der Waals surface area contributed by atoms with Gasteiger partial charge < -0.3 is 15.5 Å². The third-order valence-corrected chi connectivity index (χ3v) is 6.95. The van der Waals surface area contributed by atoms with Gasteiger partial charge >= 0.3 is 10.3 Å². The van der Waals surface area contributed by atoms with Gasteiger partial charge in [-0.3, -0.25) is 8.98 Å². The number of aromatic nitrogens is 2. The number of halogens is 1. The van der Waals surface area contributed by atoms with E-state index in [1.807, 2.05) is 0 Å². The van der Waals surface area contributed by atoms with Crippen LogP contribution in [0.15, 0.2) is 30.7 Å². The molecule has 0 aliphatic heterocycles. The van der Waals surface area contributed by atoms with Gasteiger partial charge in [-0.1, -0.05) is 18.2 Å².